The van der Waals surface area contributed by atoms with Gasteiger partial charge in [0.2, 0.25) is 0 Å². The van der Waals surface area contributed by atoms with Gasteiger partial charge in [0.25, 0.3) is 5.91 Å². The predicted molar refractivity (Wildman–Crippen MR) is 146 cm³/mol. The van der Waals surface area contributed by atoms with E-state index in [-0.39, 0.29) is 11.7 Å². The molecule has 1 saturated heterocycles. The molecule has 0 bridgehead atoms. The molecule has 1 aliphatic rings. The van der Waals surface area contributed by atoms with E-state index in [9.17, 15) is 9.18 Å². The number of benzene rings is 3. The number of aromatic nitrogens is 3. The van der Waals surface area contributed by atoms with E-state index in [1.54, 1.807) is 12.1 Å². The number of piperazine rings is 1. The fraction of sp³-hybridized carbons (Fsp3) is 0.167. The van der Waals surface area contributed by atoms with Gasteiger partial charge in [-0.15, -0.1) is 0 Å². The zero-order valence-corrected chi connectivity index (χ0v) is 21.4. The van der Waals surface area contributed by atoms with Gasteiger partial charge in [0.05, 0.1) is 23.3 Å². The van der Waals surface area contributed by atoms with Gasteiger partial charge in [-0.25, -0.2) is 9.37 Å². The van der Waals surface area contributed by atoms with Crippen LogP contribution in [0.15, 0.2) is 91.3 Å². The molecule has 38 heavy (non-hydrogen) atoms. The number of hydrogen-bond donors (Lipinski definition) is 0. The molecule has 8 heteroatoms. The molecule has 3 aromatic carbocycles. The van der Waals surface area contributed by atoms with Crippen LogP contribution in [-0.2, 0) is 6.54 Å². The quantitative estimate of drug-likeness (QED) is 0.290. The first-order valence-electron chi connectivity index (χ1n) is 12.5. The maximum absolute atomic E-state index is 13.3. The van der Waals surface area contributed by atoms with E-state index in [2.05, 4.69) is 14.3 Å². The van der Waals surface area contributed by atoms with E-state index in [1.165, 1.54) is 12.1 Å². The van der Waals surface area contributed by atoms with Crippen LogP contribution in [0.3, 0.4) is 0 Å². The van der Waals surface area contributed by atoms with Gasteiger partial charge >= 0.3 is 0 Å². The maximum atomic E-state index is 13.3. The largest absolute Gasteiger partial charge is 0.336 e. The van der Waals surface area contributed by atoms with Gasteiger partial charge in [0.1, 0.15) is 5.82 Å². The zero-order chi connectivity index (χ0) is 26.1. The van der Waals surface area contributed by atoms with E-state index < -0.39 is 0 Å². The Morgan fingerprint density at radius 3 is 2.29 bits per heavy atom. The van der Waals surface area contributed by atoms with Crippen LogP contribution in [0.25, 0.3) is 28.2 Å². The van der Waals surface area contributed by atoms with Gasteiger partial charge < -0.3 is 4.90 Å². The molecule has 0 atom stereocenters. The number of amides is 1. The summed E-state index contributed by atoms with van der Waals surface area (Å²) >= 11 is 6.16. The normalized spacial score (nSPS) is 14.2. The number of nitrogens with zero attached hydrogens (tertiary/aromatic N) is 5. The molecule has 5 aromatic rings. The molecule has 0 saturated carbocycles. The van der Waals surface area contributed by atoms with Gasteiger partial charge in [-0.05, 0) is 36.4 Å². The first-order chi connectivity index (χ1) is 18.5. The standard InChI is InChI=1S/C30H25ClFN5O/c31-24-10-6-22(7-11-24)29-27(37-19-26(33-18-28(37)34-29)21-4-2-1-3-5-21)20-35-14-16-36(17-15-35)30(38)23-8-12-25(32)13-9-23/h1-13,18-19H,14-17,20H2. The maximum Gasteiger partial charge on any atom is 0.253 e. The van der Waals surface area contributed by atoms with E-state index in [0.29, 0.717) is 30.2 Å². The first-order valence-corrected chi connectivity index (χ1v) is 12.9. The highest BCUT2D eigenvalue weighted by Crippen LogP contribution is 2.28. The minimum absolute atomic E-state index is 0.0696. The smallest absolute Gasteiger partial charge is 0.253 e. The lowest BCUT2D eigenvalue weighted by molar-refractivity contribution is 0.0627. The Bertz CT molecular complexity index is 1580. The van der Waals surface area contributed by atoms with Crippen LogP contribution in [0, 0.1) is 5.82 Å². The van der Waals surface area contributed by atoms with Crippen molar-refractivity contribution in [1.29, 1.82) is 0 Å². The molecule has 0 aliphatic carbocycles. The fourth-order valence-corrected chi connectivity index (χ4v) is 4.97. The summed E-state index contributed by atoms with van der Waals surface area (Å²) in [6.07, 6.45) is 3.85. The van der Waals surface area contributed by atoms with E-state index >= 15 is 0 Å². The average molecular weight is 526 g/mol. The molecule has 6 rings (SSSR count). The molecule has 1 aliphatic heterocycles. The van der Waals surface area contributed by atoms with Crippen molar-refractivity contribution < 1.29 is 9.18 Å². The van der Waals surface area contributed by atoms with E-state index in [4.69, 9.17) is 16.6 Å². The summed E-state index contributed by atoms with van der Waals surface area (Å²) in [5.41, 5.74) is 6.12. The molecule has 0 unspecified atom stereocenters. The van der Waals surface area contributed by atoms with Crippen LogP contribution in [-0.4, -0.2) is 56.3 Å². The number of halogens is 2. The highest BCUT2D eigenvalue weighted by Gasteiger charge is 2.25. The number of hydrogen-bond acceptors (Lipinski definition) is 4. The third-order valence-corrected chi connectivity index (χ3v) is 7.17. The van der Waals surface area contributed by atoms with Crippen LogP contribution in [0.2, 0.25) is 5.02 Å². The van der Waals surface area contributed by atoms with Crippen molar-refractivity contribution in [2.45, 2.75) is 6.54 Å². The first kappa shape index (κ1) is 24.3. The van der Waals surface area contributed by atoms with Gasteiger partial charge in [0.15, 0.2) is 5.65 Å². The highest BCUT2D eigenvalue weighted by atomic mass is 35.5. The molecule has 0 N–H and O–H groups in total. The Morgan fingerprint density at radius 2 is 1.58 bits per heavy atom. The SMILES string of the molecule is O=C(c1ccc(F)cc1)N1CCN(Cc2c(-c3ccc(Cl)cc3)nc3cnc(-c4ccccc4)cn23)CC1. The molecule has 1 amide bonds. The Hall–Kier alpha value is -4.07. The number of imidazole rings is 1. The number of carbonyl (C=O) groups is 1. The second kappa shape index (κ2) is 10.4. The summed E-state index contributed by atoms with van der Waals surface area (Å²) in [6, 6.07) is 23.5. The topological polar surface area (TPSA) is 53.7 Å². The Labute approximate surface area is 224 Å². The van der Waals surface area contributed by atoms with Crippen molar-refractivity contribution in [3.05, 3.63) is 113 Å². The highest BCUT2D eigenvalue weighted by molar-refractivity contribution is 6.30. The van der Waals surface area contributed by atoms with Crippen molar-refractivity contribution in [3.8, 4) is 22.5 Å². The van der Waals surface area contributed by atoms with E-state index in [0.717, 1.165) is 46.9 Å². The average Bonchev–Trinajstić information content (AvgIpc) is 3.32. The Morgan fingerprint density at radius 1 is 0.868 bits per heavy atom. The van der Waals surface area contributed by atoms with E-state index in [1.807, 2.05) is 71.9 Å². The summed E-state index contributed by atoms with van der Waals surface area (Å²) in [5, 5.41) is 0.675. The second-order valence-electron chi connectivity index (χ2n) is 9.36. The molecule has 190 valence electrons. The molecule has 2 aromatic heterocycles. The molecule has 0 spiro atoms. The summed E-state index contributed by atoms with van der Waals surface area (Å²) in [7, 11) is 0. The fourth-order valence-electron chi connectivity index (χ4n) is 4.85. The van der Waals surface area contributed by atoms with Crippen molar-refractivity contribution in [1.82, 2.24) is 24.2 Å². The second-order valence-corrected chi connectivity index (χ2v) is 9.79. The third kappa shape index (κ3) is 4.90. The Balaban J connectivity index is 1.29. The van der Waals surface area contributed by atoms with Gasteiger partial charge in [0, 0.05) is 60.6 Å². The van der Waals surface area contributed by atoms with Crippen molar-refractivity contribution in [2.24, 2.45) is 0 Å². The predicted octanol–water partition coefficient (Wildman–Crippen LogP) is 5.81. The minimum Gasteiger partial charge on any atom is -0.336 e. The molecule has 3 heterocycles. The van der Waals surface area contributed by atoms with Crippen LogP contribution >= 0.6 is 11.6 Å². The van der Waals surface area contributed by atoms with Gasteiger partial charge in [-0.2, -0.15) is 0 Å². The Kier molecular flexibility index (Phi) is 6.62. The van der Waals surface area contributed by atoms with Gasteiger partial charge in [-0.3, -0.25) is 19.1 Å². The van der Waals surface area contributed by atoms with Gasteiger partial charge in [-0.1, -0.05) is 54.1 Å². The number of rotatable bonds is 5. The molecular weight excluding hydrogens is 501 g/mol. The summed E-state index contributed by atoms with van der Waals surface area (Å²) in [5.74, 6) is -0.415. The molecular formula is C30H25ClFN5O. The van der Waals surface area contributed by atoms with Crippen molar-refractivity contribution in [2.75, 3.05) is 26.2 Å². The van der Waals surface area contributed by atoms with Crippen LogP contribution in [0.1, 0.15) is 16.1 Å². The lowest BCUT2D eigenvalue weighted by Crippen LogP contribution is -2.48. The van der Waals surface area contributed by atoms with Crippen LogP contribution < -0.4 is 0 Å². The monoisotopic (exact) mass is 525 g/mol. The number of carbonyl (C=O) groups excluding carboxylic acids is 1. The number of fused-ring (bicyclic) bond motifs is 1. The summed E-state index contributed by atoms with van der Waals surface area (Å²) < 4.78 is 15.4. The third-order valence-electron chi connectivity index (χ3n) is 6.92. The summed E-state index contributed by atoms with van der Waals surface area (Å²) in [6.45, 7) is 3.30. The molecule has 6 nitrogen and oxygen atoms in total. The lowest BCUT2D eigenvalue weighted by atomic mass is 10.1. The van der Waals surface area contributed by atoms with Crippen molar-refractivity contribution >= 4 is 23.2 Å². The lowest BCUT2D eigenvalue weighted by Gasteiger charge is -2.34. The van der Waals surface area contributed by atoms with Crippen LogP contribution in [0.5, 0.6) is 0 Å². The minimum atomic E-state index is -0.346. The molecule has 1 fully saturated rings. The van der Waals surface area contributed by atoms with Crippen molar-refractivity contribution in [3.63, 3.8) is 0 Å². The zero-order valence-electron chi connectivity index (χ0n) is 20.6. The molecule has 0 radical (unpaired) electrons. The van der Waals surface area contributed by atoms with Crippen LogP contribution in [0.4, 0.5) is 4.39 Å². The summed E-state index contributed by atoms with van der Waals surface area (Å²) in [4.78, 5) is 26.7.